The molecule has 2 atom stereocenters. The summed E-state index contributed by atoms with van der Waals surface area (Å²) in [5.74, 6) is 0.890. The van der Waals surface area contributed by atoms with Crippen molar-refractivity contribution in [3.05, 3.63) is 18.5 Å². The third-order valence-electron chi connectivity index (χ3n) is 5.42. The summed E-state index contributed by atoms with van der Waals surface area (Å²) in [6.07, 6.45) is 8.50. The number of rotatable bonds is 9. The number of nitrogens with zero attached hydrogens (tertiary/aromatic N) is 3. The monoisotopic (exact) mass is 463 g/mol. The molecular weight excluding hydrogens is 429 g/mol. The van der Waals surface area contributed by atoms with Gasteiger partial charge in [-0.15, -0.1) is 24.0 Å². The number of aryl methyl sites for hydroxylation is 1. The minimum Gasteiger partial charge on any atom is -0.378 e. The van der Waals surface area contributed by atoms with Crippen molar-refractivity contribution in [2.45, 2.75) is 65.1 Å². The van der Waals surface area contributed by atoms with Crippen LogP contribution in [0.25, 0.3) is 0 Å². The fourth-order valence-electron chi connectivity index (χ4n) is 3.82. The van der Waals surface area contributed by atoms with Crippen LogP contribution in [-0.2, 0) is 11.3 Å². The van der Waals surface area contributed by atoms with E-state index in [9.17, 15) is 0 Å². The Hall–Kier alpha value is -0.830. The summed E-state index contributed by atoms with van der Waals surface area (Å²) < 4.78 is 7.90. The van der Waals surface area contributed by atoms with Crippen molar-refractivity contribution in [1.82, 2.24) is 20.4 Å². The van der Waals surface area contributed by atoms with E-state index in [-0.39, 0.29) is 29.4 Å². The average Bonchev–Trinajstić information content (AvgIpc) is 3.10. The highest BCUT2D eigenvalue weighted by Crippen LogP contribution is 2.48. The normalized spacial score (nSPS) is 22.0. The van der Waals surface area contributed by atoms with Gasteiger partial charge in [0.05, 0.1) is 6.10 Å². The Bertz CT molecular complexity index is 502. The van der Waals surface area contributed by atoms with E-state index < -0.39 is 0 Å². The molecule has 144 valence electrons. The summed E-state index contributed by atoms with van der Waals surface area (Å²) in [5.41, 5.74) is 0.225. The summed E-state index contributed by atoms with van der Waals surface area (Å²) in [7, 11) is 1.83. The summed E-state index contributed by atoms with van der Waals surface area (Å²) in [5, 5.41) is 11.3. The van der Waals surface area contributed by atoms with Gasteiger partial charge in [-0.3, -0.25) is 9.67 Å². The standard InChI is InChI=1S/C18H33N5O.HI/c1-5-18(6-2)15(14-16(18)24-7-3)22-17(19-4)20-10-8-12-23-13-9-11-21-23;/h9,11,13,15-16H,5-8,10,12,14H2,1-4H3,(H2,19,20,22);1H. The molecule has 0 radical (unpaired) electrons. The molecule has 1 aliphatic rings. The Labute approximate surface area is 169 Å². The summed E-state index contributed by atoms with van der Waals surface area (Å²) in [6.45, 7) is 9.21. The fraction of sp³-hybridized carbons (Fsp3) is 0.778. The molecule has 0 aromatic carbocycles. The van der Waals surface area contributed by atoms with Crippen LogP contribution in [-0.4, -0.2) is 48.1 Å². The summed E-state index contributed by atoms with van der Waals surface area (Å²) in [4.78, 5) is 4.38. The minimum absolute atomic E-state index is 0. The van der Waals surface area contributed by atoms with Gasteiger partial charge in [0.25, 0.3) is 0 Å². The molecule has 2 unspecified atom stereocenters. The largest absolute Gasteiger partial charge is 0.378 e. The van der Waals surface area contributed by atoms with Crippen LogP contribution < -0.4 is 10.6 Å². The first-order valence-electron chi connectivity index (χ1n) is 9.26. The second-order valence-corrected chi connectivity index (χ2v) is 6.44. The molecular formula is C18H34IN5O. The van der Waals surface area contributed by atoms with Crippen molar-refractivity contribution in [2.24, 2.45) is 10.4 Å². The van der Waals surface area contributed by atoms with Crippen molar-refractivity contribution >= 4 is 29.9 Å². The number of aliphatic imine (C=N–C) groups is 1. The van der Waals surface area contributed by atoms with E-state index in [4.69, 9.17) is 4.74 Å². The van der Waals surface area contributed by atoms with E-state index in [1.54, 1.807) is 0 Å². The molecule has 1 heterocycles. The Morgan fingerprint density at radius 1 is 1.36 bits per heavy atom. The van der Waals surface area contributed by atoms with Crippen LogP contribution in [0, 0.1) is 5.41 Å². The molecule has 1 saturated carbocycles. The first-order chi connectivity index (χ1) is 11.7. The lowest BCUT2D eigenvalue weighted by molar-refractivity contribution is -0.133. The van der Waals surface area contributed by atoms with Gasteiger partial charge in [0.2, 0.25) is 0 Å². The van der Waals surface area contributed by atoms with Crippen molar-refractivity contribution in [1.29, 1.82) is 0 Å². The van der Waals surface area contributed by atoms with Crippen LogP contribution in [0.4, 0.5) is 0 Å². The number of hydrogen-bond acceptors (Lipinski definition) is 3. The average molecular weight is 463 g/mol. The highest BCUT2D eigenvalue weighted by molar-refractivity contribution is 14.0. The van der Waals surface area contributed by atoms with E-state index in [2.05, 4.69) is 41.5 Å². The molecule has 6 nitrogen and oxygen atoms in total. The predicted molar refractivity (Wildman–Crippen MR) is 114 cm³/mol. The van der Waals surface area contributed by atoms with Gasteiger partial charge in [-0.2, -0.15) is 5.10 Å². The predicted octanol–water partition coefficient (Wildman–Crippen LogP) is 3.04. The maximum atomic E-state index is 5.95. The number of halogens is 1. The molecule has 1 aliphatic carbocycles. The van der Waals surface area contributed by atoms with Gasteiger partial charge in [0.15, 0.2) is 5.96 Å². The van der Waals surface area contributed by atoms with Crippen molar-refractivity contribution < 1.29 is 4.74 Å². The summed E-state index contributed by atoms with van der Waals surface area (Å²) in [6, 6.07) is 2.38. The molecule has 0 amide bonds. The lowest BCUT2D eigenvalue weighted by Gasteiger charge is -2.55. The first kappa shape index (κ1) is 22.2. The molecule has 1 aromatic heterocycles. The van der Waals surface area contributed by atoms with Gasteiger partial charge in [-0.1, -0.05) is 13.8 Å². The van der Waals surface area contributed by atoms with Crippen molar-refractivity contribution in [2.75, 3.05) is 20.2 Å². The Kier molecular flexibility index (Phi) is 9.78. The third kappa shape index (κ3) is 5.32. The van der Waals surface area contributed by atoms with Crippen molar-refractivity contribution in [3.63, 3.8) is 0 Å². The van der Waals surface area contributed by atoms with Gasteiger partial charge in [0.1, 0.15) is 0 Å². The topological polar surface area (TPSA) is 63.5 Å². The molecule has 0 saturated heterocycles. The molecule has 0 spiro atoms. The van der Waals surface area contributed by atoms with Crippen LogP contribution in [0.3, 0.4) is 0 Å². The SMILES string of the molecule is CCOC1CC(NC(=NC)NCCCn2cccn2)C1(CC)CC.I. The van der Waals surface area contributed by atoms with E-state index in [1.165, 1.54) is 0 Å². The number of hydrogen-bond donors (Lipinski definition) is 2. The Morgan fingerprint density at radius 3 is 2.68 bits per heavy atom. The van der Waals surface area contributed by atoms with Crippen molar-refractivity contribution in [3.8, 4) is 0 Å². The lowest BCUT2D eigenvalue weighted by atomic mass is 9.58. The van der Waals surface area contributed by atoms with E-state index >= 15 is 0 Å². The fourth-order valence-corrected chi connectivity index (χ4v) is 3.82. The maximum Gasteiger partial charge on any atom is 0.191 e. The van der Waals surface area contributed by atoms with Gasteiger partial charge >= 0.3 is 0 Å². The smallest absolute Gasteiger partial charge is 0.191 e. The van der Waals surface area contributed by atoms with Crippen LogP contribution >= 0.6 is 24.0 Å². The summed E-state index contributed by atoms with van der Waals surface area (Å²) >= 11 is 0. The zero-order valence-electron chi connectivity index (χ0n) is 16.0. The van der Waals surface area contributed by atoms with Gasteiger partial charge < -0.3 is 15.4 Å². The first-order valence-corrected chi connectivity index (χ1v) is 9.26. The number of ether oxygens (including phenoxy) is 1. The molecule has 25 heavy (non-hydrogen) atoms. The van der Waals surface area contributed by atoms with E-state index in [0.717, 1.165) is 51.3 Å². The maximum absolute atomic E-state index is 5.95. The highest BCUT2D eigenvalue weighted by Gasteiger charge is 2.53. The Balaban J connectivity index is 0.00000312. The zero-order valence-corrected chi connectivity index (χ0v) is 18.3. The molecule has 1 fully saturated rings. The molecule has 2 N–H and O–H groups in total. The van der Waals surface area contributed by atoms with Crippen LogP contribution in [0.1, 0.15) is 46.5 Å². The van der Waals surface area contributed by atoms with E-state index in [1.807, 2.05) is 30.2 Å². The highest BCUT2D eigenvalue weighted by atomic mass is 127. The zero-order chi connectivity index (χ0) is 17.4. The number of guanidine groups is 1. The molecule has 0 bridgehead atoms. The van der Waals surface area contributed by atoms with E-state index in [0.29, 0.717) is 12.1 Å². The van der Waals surface area contributed by atoms with Gasteiger partial charge in [0, 0.05) is 50.6 Å². The Morgan fingerprint density at radius 2 is 2.12 bits per heavy atom. The van der Waals surface area contributed by atoms with Crippen LogP contribution in [0.5, 0.6) is 0 Å². The molecule has 2 rings (SSSR count). The minimum atomic E-state index is 0. The molecule has 1 aromatic rings. The molecule has 7 heteroatoms. The van der Waals surface area contributed by atoms with Crippen LogP contribution in [0.15, 0.2) is 23.5 Å². The van der Waals surface area contributed by atoms with Gasteiger partial charge in [-0.05, 0) is 38.7 Å². The number of aromatic nitrogens is 2. The van der Waals surface area contributed by atoms with Crippen LogP contribution in [0.2, 0.25) is 0 Å². The lowest BCUT2D eigenvalue weighted by Crippen LogP contribution is -2.65. The second-order valence-electron chi connectivity index (χ2n) is 6.44. The third-order valence-corrected chi connectivity index (χ3v) is 5.42. The second kappa shape index (κ2) is 11.0. The number of nitrogens with one attached hydrogen (secondary N) is 2. The molecule has 0 aliphatic heterocycles. The quantitative estimate of drug-likeness (QED) is 0.256. The van der Waals surface area contributed by atoms with Gasteiger partial charge in [-0.25, -0.2) is 0 Å².